The molecule has 5 heteroatoms. The van der Waals surface area contributed by atoms with E-state index in [0.29, 0.717) is 6.54 Å². The first-order chi connectivity index (χ1) is 9.99. The van der Waals surface area contributed by atoms with Gasteiger partial charge in [0.15, 0.2) is 0 Å². The number of carbonyl (C=O) groups is 1. The molecule has 1 aromatic heterocycles. The summed E-state index contributed by atoms with van der Waals surface area (Å²) in [6, 6.07) is 9.37. The van der Waals surface area contributed by atoms with E-state index in [4.69, 9.17) is 10.3 Å². The Hall–Kier alpha value is -2.14. The van der Waals surface area contributed by atoms with Gasteiger partial charge in [-0.15, -0.1) is 0 Å². The maximum Gasteiger partial charge on any atom is 0.224 e. The van der Waals surface area contributed by atoms with Crippen LogP contribution in [0.5, 0.6) is 0 Å². The van der Waals surface area contributed by atoms with Crippen LogP contribution in [-0.4, -0.2) is 23.0 Å². The van der Waals surface area contributed by atoms with Crippen molar-refractivity contribution in [2.45, 2.75) is 32.9 Å². The van der Waals surface area contributed by atoms with E-state index >= 15 is 0 Å². The largest absolute Gasteiger partial charge is 0.361 e. The van der Waals surface area contributed by atoms with Crippen LogP contribution >= 0.6 is 0 Å². The molecule has 112 valence electrons. The van der Waals surface area contributed by atoms with E-state index < -0.39 is 0 Å². The molecule has 2 aromatic rings. The molecule has 2 rings (SSSR count). The molecular weight excluding hydrogens is 266 g/mol. The summed E-state index contributed by atoms with van der Waals surface area (Å²) in [6.45, 7) is 4.21. The zero-order valence-electron chi connectivity index (χ0n) is 12.7. The van der Waals surface area contributed by atoms with E-state index in [0.717, 1.165) is 22.6 Å². The molecular formula is C16H21N3O2. The van der Waals surface area contributed by atoms with Crippen molar-refractivity contribution in [1.29, 1.82) is 0 Å². The molecule has 0 saturated heterocycles. The van der Waals surface area contributed by atoms with Crippen molar-refractivity contribution < 1.29 is 9.32 Å². The number of benzene rings is 1. The second-order valence-corrected chi connectivity index (χ2v) is 5.27. The number of hydrogen-bond donors (Lipinski definition) is 1. The molecule has 2 N–H and O–H groups in total. The molecule has 0 saturated carbocycles. The molecule has 0 bridgehead atoms. The highest BCUT2D eigenvalue weighted by molar-refractivity contribution is 5.76. The van der Waals surface area contributed by atoms with E-state index in [9.17, 15) is 4.79 Å². The standard InChI is InChI=1S/C16H21N3O2/c1-11-14(12(2)21-18-11)10-19(3)16(20)9-15(17)13-7-5-4-6-8-13/h4-8,15H,9-10,17H2,1-3H3. The Bertz CT molecular complexity index is 588. The number of aromatic nitrogens is 1. The highest BCUT2D eigenvalue weighted by Crippen LogP contribution is 2.17. The topological polar surface area (TPSA) is 72.4 Å². The van der Waals surface area contributed by atoms with Gasteiger partial charge in [-0.2, -0.15) is 0 Å². The molecule has 0 spiro atoms. The van der Waals surface area contributed by atoms with Gasteiger partial charge in [-0.25, -0.2) is 0 Å². The van der Waals surface area contributed by atoms with Gasteiger partial charge >= 0.3 is 0 Å². The predicted molar refractivity (Wildman–Crippen MR) is 80.4 cm³/mol. The average molecular weight is 287 g/mol. The summed E-state index contributed by atoms with van der Waals surface area (Å²) in [5.74, 6) is 0.755. The highest BCUT2D eigenvalue weighted by Gasteiger charge is 2.18. The quantitative estimate of drug-likeness (QED) is 0.916. The van der Waals surface area contributed by atoms with Gasteiger partial charge in [0.1, 0.15) is 5.76 Å². The van der Waals surface area contributed by atoms with Crippen molar-refractivity contribution in [3.8, 4) is 0 Å². The molecule has 21 heavy (non-hydrogen) atoms. The fourth-order valence-electron chi connectivity index (χ4n) is 2.22. The normalized spacial score (nSPS) is 12.2. The van der Waals surface area contributed by atoms with Crippen molar-refractivity contribution in [2.75, 3.05) is 7.05 Å². The first kappa shape index (κ1) is 15.3. The predicted octanol–water partition coefficient (Wildman–Crippen LogP) is 2.34. The first-order valence-corrected chi connectivity index (χ1v) is 6.95. The maximum atomic E-state index is 12.3. The van der Waals surface area contributed by atoms with Crippen LogP contribution in [0.2, 0.25) is 0 Å². The fourth-order valence-corrected chi connectivity index (χ4v) is 2.22. The Morgan fingerprint density at radius 3 is 2.57 bits per heavy atom. The number of aryl methyl sites for hydroxylation is 2. The van der Waals surface area contributed by atoms with Gasteiger partial charge in [-0.3, -0.25) is 4.79 Å². The summed E-state index contributed by atoms with van der Waals surface area (Å²) < 4.78 is 5.11. The minimum Gasteiger partial charge on any atom is -0.361 e. The van der Waals surface area contributed by atoms with Crippen molar-refractivity contribution in [1.82, 2.24) is 10.1 Å². The minimum atomic E-state index is -0.286. The van der Waals surface area contributed by atoms with Gasteiger partial charge < -0.3 is 15.2 Å². The lowest BCUT2D eigenvalue weighted by Gasteiger charge is -2.19. The average Bonchev–Trinajstić information content (AvgIpc) is 2.79. The Kier molecular flexibility index (Phi) is 4.75. The van der Waals surface area contributed by atoms with Crippen molar-refractivity contribution in [2.24, 2.45) is 5.73 Å². The zero-order valence-corrected chi connectivity index (χ0v) is 12.7. The number of rotatable bonds is 5. The summed E-state index contributed by atoms with van der Waals surface area (Å²) >= 11 is 0. The smallest absolute Gasteiger partial charge is 0.224 e. The molecule has 1 atom stereocenters. The monoisotopic (exact) mass is 287 g/mol. The van der Waals surface area contributed by atoms with Crippen LogP contribution in [0.3, 0.4) is 0 Å². The highest BCUT2D eigenvalue weighted by atomic mass is 16.5. The van der Waals surface area contributed by atoms with Gasteiger partial charge in [0.25, 0.3) is 0 Å². The first-order valence-electron chi connectivity index (χ1n) is 6.95. The number of hydrogen-bond acceptors (Lipinski definition) is 4. The molecule has 0 aliphatic rings. The van der Waals surface area contributed by atoms with Crippen LogP contribution in [0, 0.1) is 13.8 Å². The summed E-state index contributed by atoms with van der Waals surface area (Å²) in [5.41, 5.74) is 8.83. The van der Waals surface area contributed by atoms with Crippen molar-refractivity contribution >= 4 is 5.91 Å². The number of carbonyl (C=O) groups excluding carboxylic acids is 1. The van der Waals surface area contributed by atoms with Crippen molar-refractivity contribution in [3.63, 3.8) is 0 Å². The Morgan fingerprint density at radius 2 is 2.00 bits per heavy atom. The number of amides is 1. The Morgan fingerprint density at radius 1 is 1.33 bits per heavy atom. The van der Waals surface area contributed by atoms with E-state index in [2.05, 4.69) is 5.16 Å². The third-order valence-electron chi connectivity index (χ3n) is 3.62. The van der Waals surface area contributed by atoms with E-state index in [1.54, 1.807) is 11.9 Å². The number of nitrogens with zero attached hydrogens (tertiary/aromatic N) is 2. The molecule has 0 aliphatic carbocycles. The van der Waals surface area contributed by atoms with Gasteiger partial charge in [0.2, 0.25) is 5.91 Å². The lowest BCUT2D eigenvalue weighted by Crippen LogP contribution is -2.29. The van der Waals surface area contributed by atoms with Crippen LogP contribution in [0.15, 0.2) is 34.9 Å². The summed E-state index contributed by atoms with van der Waals surface area (Å²) in [7, 11) is 1.77. The molecule has 1 aromatic carbocycles. The third-order valence-corrected chi connectivity index (χ3v) is 3.62. The van der Waals surface area contributed by atoms with E-state index in [1.807, 2.05) is 44.2 Å². The summed E-state index contributed by atoms with van der Waals surface area (Å²) in [6.07, 6.45) is 0.282. The second-order valence-electron chi connectivity index (χ2n) is 5.27. The Labute approximate surface area is 124 Å². The minimum absolute atomic E-state index is 0.00588. The fraction of sp³-hybridized carbons (Fsp3) is 0.375. The molecule has 1 amide bonds. The molecule has 0 aliphatic heterocycles. The van der Waals surface area contributed by atoms with Gasteiger partial charge in [0, 0.05) is 25.1 Å². The molecule has 0 radical (unpaired) electrons. The lowest BCUT2D eigenvalue weighted by atomic mass is 10.0. The SMILES string of the molecule is Cc1noc(C)c1CN(C)C(=O)CC(N)c1ccccc1. The summed E-state index contributed by atoms with van der Waals surface area (Å²) in [5, 5.41) is 3.90. The number of nitrogens with two attached hydrogens (primary N) is 1. The van der Waals surface area contributed by atoms with Crippen LogP contribution in [0.25, 0.3) is 0 Å². The lowest BCUT2D eigenvalue weighted by molar-refractivity contribution is -0.130. The molecule has 0 fully saturated rings. The van der Waals surface area contributed by atoms with E-state index in [1.165, 1.54) is 0 Å². The van der Waals surface area contributed by atoms with E-state index in [-0.39, 0.29) is 18.4 Å². The summed E-state index contributed by atoms with van der Waals surface area (Å²) in [4.78, 5) is 13.9. The second kappa shape index (κ2) is 6.54. The van der Waals surface area contributed by atoms with Crippen LogP contribution in [0.1, 0.15) is 35.0 Å². The molecule has 1 heterocycles. The van der Waals surface area contributed by atoms with Crippen molar-refractivity contribution in [3.05, 3.63) is 52.9 Å². The van der Waals surface area contributed by atoms with Crippen LogP contribution in [0.4, 0.5) is 0 Å². The maximum absolute atomic E-state index is 12.3. The van der Waals surface area contributed by atoms with Crippen LogP contribution in [-0.2, 0) is 11.3 Å². The van der Waals surface area contributed by atoms with Gasteiger partial charge in [-0.05, 0) is 19.4 Å². The third kappa shape index (κ3) is 3.70. The van der Waals surface area contributed by atoms with Crippen LogP contribution < -0.4 is 5.73 Å². The Balaban J connectivity index is 1.97. The molecule has 1 unspecified atom stereocenters. The molecule has 5 nitrogen and oxygen atoms in total. The zero-order chi connectivity index (χ0) is 15.4. The van der Waals surface area contributed by atoms with Gasteiger partial charge in [0.05, 0.1) is 12.2 Å². The van der Waals surface area contributed by atoms with Gasteiger partial charge in [-0.1, -0.05) is 35.5 Å².